The monoisotopic (exact) mass is 508 g/mol. The fourth-order valence-corrected chi connectivity index (χ4v) is 4.45. The number of piperazine rings is 1. The number of nitrogen functional groups attached to an aromatic ring is 2. The lowest BCUT2D eigenvalue weighted by Crippen LogP contribution is -2.49. The minimum absolute atomic E-state index is 0.00699. The van der Waals surface area contributed by atoms with Gasteiger partial charge < -0.3 is 25.7 Å². The van der Waals surface area contributed by atoms with Crippen LogP contribution in [0.5, 0.6) is 0 Å². The van der Waals surface area contributed by atoms with E-state index in [0.717, 1.165) is 16.7 Å². The Morgan fingerprint density at radius 2 is 1.39 bits per heavy atom. The van der Waals surface area contributed by atoms with Gasteiger partial charge in [-0.2, -0.15) is 0 Å². The number of amidine groups is 2. The van der Waals surface area contributed by atoms with Gasteiger partial charge in [-0.15, -0.1) is 0 Å². The van der Waals surface area contributed by atoms with E-state index < -0.39 is 0 Å². The van der Waals surface area contributed by atoms with Gasteiger partial charge in [0.2, 0.25) is 11.9 Å². The maximum atomic E-state index is 13.4. The summed E-state index contributed by atoms with van der Waals surface area (Å²) in [6.45, 7) is 2.48. The third-order valence-corrected chi connectivity index (χ3v) is 6.56. The Balaban J connectivity index is 1.39. The Morgan fingerprint density at radius 1 is 0.842 bits per heavy atom. The molecule has 1 aliphatic rings. The molecule has 10 heteroatoms. The fourth-order valence-electron chi connectivity index (χ4n) is 4.45. The number of anilines is 1. The van der Waals surface area contributed by atoms with E-state index in [2.05, 4.69) is 14.9 Å². The summed E-state index contributed by atoms with van der Waals surface area (Å²) in [4.78, 5) is 25.9. The molecule has 0 aliphatic carbocycles. The molecule has 1 fully saturated rings. The topological polar surface area (TPSA) is 162 Å². The van der Waals surface area contributed by atoms with Gasteiger partial charge in [0.1, 0.15) is 23.2 Å². The number of carbonyl (C=O) groups excluding carboxylic acids is 1. The highest BCUT2D eigenvalue weighted by Crippen LogP contribution is 2.34. The minimum Gasteiger partial charge on any atom is -0.456 e. The van der Waals surface area contributed by atoms with E-state index >= 15 is 0 Å². The Morgan fingerprint density at radius 3 is 1.95 bits per heavy atom. The van der Waals surface area contributed by atoms with Gasteiger partial charge in [-0.1, -0.05) is 48.5 Å². The second-order valence-electron chi connectivity index (χ2n) is 9.04. The van der Waals surface area contributed by atoms with Crippen molar-refractivity contribution < 1.29 is 9.21 Å². The van der Waals surface area contributed by atoms with E-state index in [1.807, 2.05) is 35.2 Å². The molecule has 5 rings (SSSR count). The normalized spacial score (nSPS) is 13.4. The quantitative estimate of drug-likeness (QED) is 0.220. The van der Waals surface area contributed by atoms with Crippen LogP contribution in [0.1, 0.15) is 16.7 Å². The highest BCUT2D eigenvalue weighted by atomic mass is 16.3. The van der Waals surface area contributed by atoms with Crippen LogP contribution < -0.4 is 16.4 Å². The van der Waals surface area contributed by atoms with Crippen molar-refractivity contribution in [2.75, 3.05) is 31.1 Å². The SMILES string of the molecule is N=C(N)c1ccc(-c2cc(CC(=O)N3CCN(c4ncccn4)CC3)c(-c3ccc(C(=N)N)cc3)o2)cc1. The van der Waals surface area contributed by atoms with Gasteiger partial charge >= 0.3 is 0 Å². The molecule has 0 spiro atoms. The van der Waals surface area contributed by atoms with E-state index in [1.165, 1.54) is 0 Å². The summed E-state index contributed by atoms with van der Waals surface area (Å²) in [6, 6.07) is 18.1. The molecule has 6 N–H and O–H groups in total. The first-order valence-corrected chi connectivity index (χ1v) is 12.2. The summed E-state index contributed by atoms with van der Waals surface area (Å²) in [6.07, 6.45) is 3.61. The van der Waals surface area contributed by atoms with Crippen LogP contribution in [0.4, 0.5) is 5.95 Å². The number of carbonyl (C=O) groups is 1. The van der Waals surface area contributed by atoms with Crippen molar-refractivity contribution in [1.29, 1.82) is 10.8 Å². The van der Waals surface area contributed by atoms with Gasteiger partial charge in [-0.3, -0.25) is 15.6 Å². The number of hydrogen-bond donors (Lipinski definition) is 4. The first-order valence-electron chi connectivity index (χ1n) is 12.2. The maximum absolute atomic E-state index is 13.4. The van der Waals surface area contributed by atoms with Crippen LogP contribution in [0.25, 0.3) is 22.6 Å². The molecular formula is C28H28N8O2. The number of furan rings is 1. The van der Waals surface area contributed by atoms with Crippen LogP contribution >= 0.6 is 0 Å². The van der Waals surface area contributed by atoms with Crippen molar-refractivity contribution >= 4 is 23.5 Å². The second kappa shape index (κ2) is 10.6. The standard InChI is InChI=1S/C28H28N8O2/c29-26(30)20-6-2-18(3-7-20)23-16-22(25(38-23)19-4-8-21(9-5-19)27(31)32)17-24(37)35-12-14-36(15-13-35)28-33-10-1-11-34-28/h1-11,16H,12-15,17H2,(H3,29,30)(H3,31,32). The molecular weight excluding hydrogens is 480 g/mol. The van der Waals surface area contributed by atoms with Gasteiger partial charge in [0.15, 0.2) is 0 Å². The molecule has 1 amide bonds. The molecule has 1 aliphatic heterocycles. The average molecular weight is 509 g/mol. The third kappa shape index (κ3) is 5.24. The number of amides is 1. The molecule has 38 heavy (non-hydrogen) atoms. The molecule has 10 nitrogen and oxygen atoms in total. The minimum atomic E-state index is -0.0160. The lowest BCUT2D eigenvalue weighted by molar-refractivity contribution is -0.130. The summed E-state index contributed by atoms with van der Waals surface area (Å²) < 4.78 is 6.29. The summed E-state index contributed by atoms with van der Waals surface area (Å²) >= 11 is 0. The molecule has 3 heterocycles. The van der Waals surface area contributed by atoms with Crippen molar-refractivity contribution in [1.82, 2.24) is 14.9 Å². The summed E-state index contributed by atoms with van der Waals surface area (Å²) in [5, 5.41) is 15.3. The molecule has 2 aromatic heterocycles. The van der Waals surface area contributed by atoms with Crippen LogP contribution in [-0.2, 0) is 11.2 Å². The van der Waals surface area contributed by atoms with Gasteiger partial charge in [-0.25, -0.2) is 9.97 Å². The average Bonchev–Trinajstić information content (AvgIpc) is 3.37. The highest BCUT2D eigenvalue weighted by Gasteiger charge is 2.25. The first kappa shape index (κ1) is 24.7. The van der Waals surface area contributed by atoms with E-state index in [-0.39, 0.29) is 24.0 Å². The zero-order chi connectivity index (χ0) is 26.6. The van der Waals surface area contributed by atoms with Gasteiger partial charge in [0.25, 0.3) is 0 Å². The van der Waals surface area contributed by atoms with Gasteiger partial charge in [0, 0.05) is 66.4 Å². The molecule has 192 valence electrons. The van der Waals surface area contributed by atoms with E-state index in [9.17, 15) is 4.79 Å². The van der Waals surface area contributed by atoms with Gasteiger partial charge in [0.05, 0.1) is 6.42 Å². The molecule has 4 aromatic rings. The zero-order valence-electron chi connectivity index (χ0n) is 20.7. The van der Waals surface area contributed by atoms with Crippen LogP contribution in [0.2, 0.25) is 0 Å². The van der Waals surface area contributed by atoms with Crippen LogP contribution in [0.15, 0.2) is 77.5 Å². The van der Waals surface area contributed by atoms with Crippen molar-refractivity contribution in [2.24, 2.45) is 11.5 Å². The second-order valence-corrected chi connectivity index (χ2v) is 9.04. The lowest BCUT2D eigenvalue weighted by Gasteiger charge is -2.34. The smallest absolute Gasteiger partial charge is 0.227 e. The number of hydrogen-bond acceptors (Lipinski definition) is 7. The maximum Gasteiger partial charge on any atom is 0.227 e. The number of nitrogens with two attached hydrogens (primary N) is 2. The fraction of sp³-hybridized carbons (Fsp3) is 0.179. The molecule has 0 bridgehead atoms. The molecule has 0 atom stereocenters. The van der Waals surface area contributed by atoms with E-state index in [1.54, 1.807) is 42.7 Å². The number of nitrogens with zero attached hydrogens (tertiary/aromatic N) is 4. The molecule has 1 saturated heterocycles. The molecule has 0 unspecified atom stereocenters. The number of aromatic nitrogens is 2. The predicted molar refractivity (Wildman–Crippen MR) is 146 cm³/mol. The Labute approximate surface area is 219 Å². The number of rotatable bonds is 7. The predicted octanol–water partition coefficient (Wildman–Crippen LogP) is 2.86. The first-order chi connectivity index (χ1) is 18.4. The molecule has 0 saturated carbocycles. The molecule has 2 aromatic carbocycles. The summed E-state index contributed by atoms with van der Waals surface area (Å²) in [7, 11) is 0. The molecule has 0 radical (unpaired) electrons. The summed E-state index contributed by atoms with van der Waals surface area (Å²) in [5.41, 5.74) is 14.8. The Hall–Kier alpha value is -4.99. The Bertz CT molecular complexity index is 1460. The van der Waals surface area contributed by atoms with Crippen LogP contribution in [0.3, 0.4) is 0 Å². The summed E-state index contributed by atoms with van der Waals surface area (Å²) in [5.74, 6) is 1.87. The van der Waals surface area contributed by atoms with Crippen molar-refractivity contribution in [3.63, 3.8) is 0 Å². The van der Waals surface area contributed by atoms with Crippen molar-refractivity contribution in [3.8, 4) is 22.6 Å². The Kier molecular flexibility index (Phi) is 6.86. The largest absolute Gasteiger partial charge is 0.456 e. The van der Waals surface area contributed by atoms with Crippen LogP contribution in [0, 0.1) is 10.8 Å². The van der Waals surface area contributed by atoms with Crippen LogP contribution in [-0.4, -0.2) is 58.6 Å². The van der Waals surface area contributed by atoms with Gasteiger partial charge in [-0.05, 0) is 12.1 Å². The van der Waals surface area contributed by atoms with Crippen molar-refractivity contribution in [2.45, 2.75) is 6.42 Å². The number of nitrogens with one attached hydrogen (secondary N) is 2. The number of benzene rings is 2. The third-order valence-electron chi connectivity index (χ3n) is 6.56. The van der Waals surface area contributed by atoms with Crippen molar-refractivity contribution in [3.05, 3.63) is 89.7 Å². The lowest BCUT2D eigenvalue weighted by atomic mass is 10.0. The van der Waals surface area contributed by atoms with E-state index in [4.69, 9.17) is 26.7 Å². The highest BCUT2D eigenvalue weighted by molar-refractivity contribution is 5.96. The zero-order valence-corrected chi connectivity index (χ0v) is 20.7. The van der Waals surface area contributed by atoms with E-state index in [0.29, 0.717) is 54.8 Å².